The number of rotatable bonds is 9. The molecule has 6 nitrogen and oxygen atoms in total. The van der Waals surface area contributed by atoms with Crippen LogP contribution in [0.3, 0.4) is 0 Å². The van der Waals surface area contributed by atoms with Gasteiger partial charge in [0.2, 0.25) is 0 Å². The minimum Gasteiger partial charge on any atom is -0.493 e. The smallest absolute Gasteiger partial charge is 0.262 e. The van der Waals surface area contributed by atoms with Crippen LogP contribution in [0.15, 0.2) is 71.6 Å². The highest BCUT2D eigenvalue weighted by Crippen LogP contribution is 2.31. The Kier molecular flexibility index (Phi) is 6.86. The molecule has 0 amide bonds. The summed E-state index contributed by atoms with van der Waals surface area (Å²) in [6, 6.07) is 11.5. The number of benzene rings is 2. The minimum absolute atomic E-state index is 0.0113. The van der Waals surface area contributed by atoms with Gasteiger partial charge in [0.05, 0.1) is 25.4 Å². The fourth-order valence-electron chi connectivity index (χ4n) is 3.53. The number of hydrogen-bond donors (Lipinski definition) is 1. The molecule has 33 heavy (non-hydrogen) atoms. The number of allylic oxidation sites excluding steroid dienone is 1. The van der Waals surface area contributed by atoms with Crippen LogP contribution in [-0.2, 0) is 13.0 Å². The van der Waals surface area contributed by atoms with Crippen molar-refractivity contribution in [3.05, 3.63) is 88.6 Å². The van der Waals surface area contributed by atoms with E-state index in [-0.39, 0.29) is 24.5 Å². The highest BCUT2D eigenvalue weighted by molar-refractivity contribution is 7.17. The minimum atomic E-state index is -0.951. The molecule has 2 aromatic carbocycles. The van der Waals surface area contributed by atoms with Gasteiger partial charge in [0.1, 0.15) is 23.4 Å². The van der Waals surface area contributed by atoms with E-state index in [1.54, 1.807) is 31.4 Å². The van der Waals surface area contributed by atoms with Crippen LogP contribution in [0.4, 0.5) is 4.39 Å². The number of methoxy groups -OCH3 is 1. The average Bonchev–Trinajstić information content (AvgIpc) is 3.25. The van der Waals surface area contributed by atoms with Crippen molar-refractivity contribution in [1.82, 2.24) is 9.55 Å². The third-order valence-electron chi connectivity index (χ3n) is 5.16. The Morgan fingerprint density at radius 1 is 1.24 bits per heavy atom. The van der Waals surface area contributed by atoms with Gasteiger partial charge in [-0.15, -0.1) is 17.9 Å². The Hall–Kier alpha value is -3.49. The van der Waals surface area contributed by atoms with E-state index in [0.717, 1.165) is 11.1 Å². The van der Waals surface area contributed by atoms with Gasteiger partial charge < -0.3 is 14.6 Å². The van der Waals surface area contributed by atoms with Crippen molar-refractivity contribution in [2.24, 2.45) is 0 Å². The SMILES string of the molecule is C=CCc1ccc(OCC(O)Cn2cnc3scc(-c4ccc(F)cc4)c3c2=O)c(OC)c1. The molecule has 2 aromatic heterocycles. The van der Waals surface area contributed by atoms with Crippen LogP contribution in [-0.4, -0.2) is 34.5 Å². The maximum atomic E-state index is 13.3. The number of fused-ring (bicyclic) bond motifs is 1. The molecule has 8 heteroatoms. The van der Waals surface area contributed by atoms with E-state index in [9.17, 15) is 14.3 Å². The Labute approximate surface area is 194 Å². The molecule has 0 fully saturated rings. The standard InChI is InChI=1S/C25H23FN2O4S/c1-3-4-16-5-10-21(22(11-16)31-2)32-13-19(29)12-28-15-27-24-23(25(28)30)20(14-33-24)17-6-8-18(26)9-7-17/h3,5-11,14-15,19,29H,1,4,12-13H2,2H3. The summed E-state index contributed by atoms with van der Waals surface area (Å²) in [5.41, 5.74) is 2.19. The molecule has 0 radical (unpaired) electrons. The van der Waals surface area contributed by atoms with Crippen molar-refractivity contribution < 1.29 is 19.0 Å². The van der Waals surface area contributed by atoms with E-state index in [1.807, 2.05) is 17.5 Å². The molecule has 0 spiro atoms. The van der Waals surface area contributed by atoms with Gasteiger partial charge in [0, 0.05) is 10.9 Å². The van der Waals surface area contributed by atoms with Crippen molar-refractivity contribution in [1.29, 1.82) is 0 Å². The first-order chi connectivity index (χ1) is 16.0. The topological polar surface area (TPSA) is 73.6 Å². The zero-order valence-electron chi connectivity index (χ0n) is 18.0. The van der Waals surface area contributed by atoms with Crippen molar-refractivity contribution in [3.8, 4) is 22.6 Å². The predicted octanol–water partition coefficient (Wildman–Crippen LogP) is 4.44. The van der Waals surface area contributed by atoms with Crippen LogP contribution in [0.5, 0.6) is 11.5 Å². The second-order valence-corrected chi connectivity index (χ2v) is 8.34. The van der Waals surface area contributed by atoms with E-state index in [0.29, 0.717) is 33.7 Å². The fourth-order valence-corrected chi connectivity index (χ4v) is 4.44. The van der Waals surface area contributed by atoms with Crippen LogP contribution >= 0.6 is 11.3 Å². The summed E-state index contributed by atoms with van der Waals surface area (Å²) in [7, 11) is 1.55. The Morgan fingerprint density at radius 3 is 2.76 bits per heavy atom. The fraction of sp³-hybridized carbons (Fsp3) is 0.200. The monoisotopic (exact) mass is 466 g/mol. The summed E-state index contributed by atoms with van der Waals surface area (Å²) >= 11 is 1.35. The lowest BCUT2D eigenvalue weighted by Gasteiger charge is -2.16. The summed E-state index contributed by atoms with van der Waals surface area (Å²) in [5, 5.41) is 12.8. The molecule has 2 heterocycles. The Balaban J connectivity index is 1.51. The molecule has 4 aromatic rings. The summed E-state index contributed by atoms with van der Waals surface area (Å²) < 4.78 is 25.8. The van der Waals surface area contributed by atoms with Gasteiger partial charge in [-0.3, -0.25) is 9.36 Å². The predicted molar refractivity (Wildman–Crippen MR) is 128 cm³/mol. The number of nitrogens with zero attached hydrogens (tertiary/aromatic N) is 2. The summed E-state index contributed by atoms with van der Waals surface area (Å²) in [5.74, 6) is 0.717. The van der Waals surface area contributed by atoms with E-state index < -0.39 is 6.10 Å². The van der Waals surface area contributed by atoms with E-state index in [2.05, 4.69) is 11.6 Å². The normalized spacial score (nSPS) is 12.0. The molecule has 0 saturated heterocycles. The number of hydrogen-bond acceptors (Lipinski definition) is 6. The van der Waals surface area contributed by atoms with Crippen molar-refractivity contribution in [2.45, 2.75) is 19.1 Å². The first kappa shape index (κ1) is 22.7. The molecule has 0 bridgehead atoms. The first-order valence-electron chi connectivity index (χ1n) is 10.3. The average molecular weight is 467 g/mol. The second kappa shape index (κ2) is 9.97. The van der Waals surface area contributed by atoms with Gasteiger partial charge in [-0.05, 0) is 41.8 Å². The first-order valence-corrected chi connectivity index (χ1v) is 11.2. The Bertz CT molecular complexity index is 1330. The third-order valence-corrected chi connectivity index (χ3v) is 6.05. The van der Waals surface area contributed by atoms with Crippen LogP contribution in [0.2, 0.25) is 0 Å². The van der Waals surface area contributed by atoms with Gasteiger partial charge in [0.15, 0.2) is 11.5 Å². The molecule has 0 aliphatic carbocycles. The van der Waals surface area contributed by atoms with Crippen molar-refractivity contribution in [2.75, 3.05) is 13.7 Å². The molecule has 1 unspecified atom stereocenters. The van der Waals surface area contributed by atoms with Crippen LogP contribution < -0.4 is 15.0 Å². The van der Waals surface area contributed by atoms with Gasteiger partial charge >= 0.3 is 0 Å². The number of aromatic nitrogens is 2. The molecular formula is C25H23FN2O4S. The molecule has 4 rings (SSSR count). The van der Waals surface area contributed by atoms with Gasteiger partial charge in [-0.25, -0.2) is 9.37 Å². The van der Waals surface area contributed by atoms with Gasteiger partial charge in [-0.2, -0.15) is 0 Å². The number of halogens is 1. The lowest BCUT2D eigenvalue weighted by atomic mass is 10.1. The summed E-state index contributed by atoms with van der Waals surface area (Å²) in [4.78, 5) is 18.1. The zero-order valence-corrected chi connectivity index (χ0v) is 18.8. The summed E-state index contributed by atoms with van der Waals surface area (Å²) in [6.07, 6.45) is 2.98. The molecule has 170 valence electrons. The van der Waals surface area contributed by atoms with Crippen molar-refractivity contribution in [3.63, 3.8) is 0 Å². The van der Waals surface area contributed by atoms with Crippen LogP contribution in [0, 0.1) is 5.82 Å². The maximum absolute atomic E-state index is 13.3. The number of ether oxygens (including phenoxy) is 2. The van der Waals surface area contributed by atoms with E-state index in [1.165, 1.54) is 34.4 Å². The van der Waals surface area contributed by atoms with E-state index in [4.69, 9.17) is 9.47 Å². The summed E-state index contributed by atoms with van der Waals surface area (Å²) in [6.45, 7) is 3.71. The third kappa shape index (κ3) is 4.97. The molecular weight excluding hydrogens is 443 g/mol. The molecule has 0 saturated carbocycles. The van der Waals surface area contributed by atoms with Gasteiger partial charge in [-0.1, -0.05) is 24.3 Å². The quantitative estimate of drug-likeness (QED) is 0.369. The second-order valence-electron chi connectivity index (χ2n) is 7.48. The Morgan fingerprint density at radius 2 is 2.03 bits per heavy atom. The molecule has 1 atom stereocenters. The highest BCUT2D eigenvalue weighted by Gasteiger charge is 2.16. The lowest BCUT2D eigenvalue weighted by molar-refractivity contribution is 0.0900. The van der Waals surface area contributed by atoms with Crippen molar-refractivity contribution >= 4 is 21.6 Å². The lowest BCUT2D eigenvalue weighted by Crippen LogP contribution is -2.30. The number of aliphatic hydroxyl groups excluding tert-OH is 1. The number of aliphatic hydroxyl groups is 1. The molecule has 1 N–H and O–H groups in total. The molecule has 0 aliphatic rings. The molecule has 0 aliphatic heterocycles. The van der Waals surface area contributed by atoms with Crippen LogP contribution in [0.1, 0.15) is 5.56 Å². The number of thiophene rings is 1. The highest BCUT2D eigenvalue weighted by atomic mass is 32.1. The maximum Gasteiger partial charge on any atom is 0.262 e. The largest absolute Gasteiger partial charge is 0.493 e. The van der Waals surface area contributed by atoms with E-state index >= 15 is 0 Å². The zero-order chi connectivity index (χ0) is 23.4. The van der Waals surface area contributed by atoms with Crippen LogP contribution in [0.25, 0.3) is 21.3 Å². The van der Waals surface area contributed by atoms with Gasteiger partial charge in [0.25, 0.3) is 5.56 Å².